The van der Waals surface area contributed by atoms with Gasteiger partial charge in [-0.2, -0.15) is 0 Å². The monoisotopic (exact) mass is 990 g/mol. The highest BCUT2D eigenvalue weighted by molar-refractivity contribution is 6.00. The van der Waals surface area contributed by atoms with Gasteiger partial charge in [0.25, 0.3) is 0 Å². The Hall–Kier alpha value is -7.92. The van der Waals surface area contributed by atoms with Gasteiger partial charge in [-0.1, -0.05) is 0 Å². The normalized spacial score (nSPS) is 16.2. The molecule has 34 nitrogen and oxygen atoms in total. The minimum absolute atomic E-state index is 0.695. The Bertz CT molecular complexity index is 1950. The first-order chi connectivity index (χ1) is 30.8. The van der Waals surface area contributed by atoms with E-state index in [0.717, 1.165) is 0 Å². The Morgan fingerprint density at radius 1 is 0.368 bits per heavy atom. The molecular weight excluding hydrogens is 952 g/mol. The molecule has 378 valence electrons. The second-order valence-corrected chi connectivity index (χ2v) is 13.9. The van der Waals surface area contributed by atoms with Crippen molar-refractivity contribution in [2.75, 3.05) is 0 Å². The van der Waals surface area contributed by atoms with Crippen LogP contribution in [0.4, 0.5) is 0 Å². The third-order valence-corrected chi connectivity index (χ3v) is 7.86. The van der Waals surface area contributed by atoms with E-state index in [2.05, 4.69) is 28.4 Å². The largest absolute Gasteiger partial charge is 0.481 e. The summed E-state index contributed by atoms with van der Waals surface area (Å²) in [4.78, 5) is 194. The summed E-state index contributed by atoms with van der Waals surface area (Å²) in [5.41, 5.74) is -15.1. The van der Waals surface area contributed by atoms with E-state index in [-0.39, 0.29) is 0 Å². The molecule has 0 aliphatic rings. The molecule has 0 heterocycles. The van der Waals surface area contributed by atoms with Crippen LogP contribution in [0, 0.1) is 0 Å². The molecule has 8 unspecified atom stereocenters. The zero-order valence-electron chi connectivity index (χ0n) is 34.3. The fourth-order valence-electron chi connectivity index (χ4n) is 4.57. The number of rotatable bonds is 27. The summed E-state index contributed by atoms with van der Waals surface area (Å²) in [6.45, 7) is 1.39. The van der Waals surface area contributed by atoms with E-state index in [4.69, 9.17) is 20.4 Å². The number of aliphatic hydroxyl groups is 6. The maximum absolute atomic E-state index is 13.3. The van der Waals surface area contributed by atoms with Gasteiger partial charge >= 0.3 is 95.5 Å². The molecule has 8 atom stereocenters. The lowest BCUT2D eigenvalue weighted by Gasteiger charge is -2.29. The van der Waals surface area contributed by atoms with E-state index >= 15 is 0 Å². The van der Waals surface area contributed by atoms with Gasteiger partial charge in [-0.3, -0.25) is 38.4 Å². The summed E-state index contributed by atoms with van der Waals surface area (Å²) < 4.78 is 25.1. The average Bonchev–Trinajstić information content (AvgIpc) is 3.13. The standard InChI is InChI=1S/C34H38O34/c1-11(35)25(51)65-19(45)9-33(61,7-17(43)63-15(41)5-31(59,27(53)54)3-13(37)38)29(57)67-21(23(47)48)22(24(49)50)68-30(58)34(62,10-20(46)66-26(52)12(2)36)8-18(44)64-16(42)6-32(60,28(55)56)4-14(39)40/h11-12,21-22,35-36,59-62H,3-10H2,1-2H3,(H,37,38)(H,39,40)(H,47,48)(H,49,50)(H,53,54)(H,55,56). The zero-order valence-corrected chi connectivity index (χ0v) is 34.3. The first kappa shape index (κ1) is 60.1. The van der Waals surface area contributed by atoms with Gasteiger partial charge in [0.1, 0.15) is 12.2 Å². The molecule has 0 fully saturated rings. The maximum Gasteiger partial charge on any atom is 0.349 e. The number of aliphatic carboxylic acids is 6. The average molecular weight is 991 g/mol. The Labute approximate surface area is 374 Å². The van der Waals surface area contributed by atoms with Crippen LogP contribution in [0.1, 0.15) is 65.2 Å². The van der Waals surface area contributed by atoms with Crippen molar-refractivity contribution in [3.05, 3.63) is 0 Å². The van der Waals surface area contributed by atoms with Crippen LogP contribution in [0.3, 0.4) is 0 Å². The molecular formula is C34H38O34. The predicted octanol–water partition coefficient (Wildman–Crippen LogP) is -7.60. The van der Waals surface area contributed by atoms with Gasteiger partial charge in [-0.05, 0) is 13.8 Å². The van der Waals surface area contributed by atoms with Gasteiger partial charge in [0.2, 0.25) is 12.2 Å². The minimum Gasteiger partial charge on any atom is -0.481 e. The van der Waals surface area contributed by atoms with Crippen LogP contribution in [0.25, 0.3) is 0 Å². The van der Waals surface area contributed by atoms with Crippen LogP contribution in [0.15, 0.2) is 0 Å². The van der Waals surface area contributed by atoms with Crippen molar-refractivity contribution >= 4 is 95.5 Å². The molecule has 0 aromatic carbocycles. The van der Waals surface area contributed by atoms with E-state index in [1.807, 2.05) is 0 Å². The highest BCUT2D eigenvalue weighted by atomic mass is 16.6. The van der Waals surface area contributed by atoms with E-state index in [1.54, 1.807) is 0 Å². The van der Waals surface area contributed by atoms with Gasteiger partial charge in [-0.25, -0.2) is 38.4 Å². The smallest absolute Gasteiger partial charge is 0.349 e. The first-order valence-electron chi connectivity index (χ1n) is 17.8. The number of esters is 10. The molecule has 0 saturated heterocycles. The van der Waals surface area contributed by atoms with Gasteiger partial charge in [-0.15, -0.1) is 0 Å². The van der Waals surface area contributed by atoms with Crippen LogP contribution in [-0.2, 0) is 105 Å². The second-order valence-electron chi connectivity index (χ2n) is 13.9. The maximum atomic E-state index is 13.3. The summed E-state index contributed by atoms with van der Waals surface area (Å²) in [6, 6.07) is 0. The van der Waals surface area contributed by atoms with Gasteiger partial charge < -0.3 is 89.7 Å². The van der Waals surface area contributed by atoms with E-state index in [9.17, 15) is 118 Å². The van der Waals surface area contributed by atoms with Crippen LogP contribution in [-0.4, -0.2) is 204 Å². The molecule has 0 aromatic heterocycles. The van der Waals surface area contributed by atoms with Crippen molar-refractivity contribution in [3.8, 4) is 0 Å². The van der Waals surface area contributed by atoms with Crippen molar-refractivity contribution in [1.29, 1.82) is 0 Å². The van der Waals surface area contributed by atoms with Crippen LogP contribution < -0.4 is 0 Å². The quantitative estimate of drug-likeness (QED) is 0.0207. The molecule has 34 heteroatoms. The summed E-state index contributed by atoms with van der Waals surface area (Å²) >= 11 is 0. The molecule has 12 N–H and O–H groups in total. The number of hydrogen-bond donors (Lipinski definition) is 12. The molecule has 0 rings (SSSR count). The summed E-state index contributed by atoms with van der Waals surface area (Å²) in [6.07, 6.45) is -27.3. The van der Waals surface area contributed by atoms with Gasteiger partial charge in [0.05, 0.1) is 51.4 Å². The molecule has 0 aromatic rings. The summed E-state index contributed by atoms with van der Waals surface area (Å²) in [5.74, 6) is -36.5. The zero-order chi connectivity index (χ0) is 53.4. The van der Waals surface area contributed by atoms with Crippen molar-refractivity contribution in [2.24, 2.45) is 0 Å². The number of ether oxygens (including phenoxy) is 6. The number of carboxylic acid groups (broad SMARTS) is 6. The minimum atomic E-state index is -4.06. The van der Waals surface area contributed by atoms with E-state index < -0.39 is 194 Å². The van der Waals surface area contributed by atoms with Gasteiger partial charge in [0.15, 0.2) is 22.4 Å². The summed E-state index contributed by atoms with van der Waals surface area (Å²) in [7, 11) is 0. The van der Waals surface area contributed by atoms with Crippen molar-refractivity contribution in [1.82, 2.24) is 0 Å². The third kappa shape index (κ3) is 18.9. The number of aliphatic hydroxyl groups excluding tert-OH is 2. The van der Waals surface area contributed by atoms with Crippen molar-refractivity contribution in [2.45, 2.75) is 112 Å². The molecule has 0 radical (unpaired) electrons. The lowest BCUT2D eigenvalue weighted by Crippen LogP contribution is -2.54. The Morgan fingerprint density at radius 3 is 0.779 bits per heavy atom. The number of carboxylic acids is 6. The van der Waals surface area contributed by atoms with Gasteiger partial charge in [0, 0.05) is 0 Å². The highest BCUT2D eigenvalue weighted by Crippen LogP contribution is 2.27. The lowest BCUT2D eigenvalue weighted by atomic mass is 9.94. The number of hydrogen-bond acceptors (Lipinski definition) is 28. The molecule has 0 saturated carbocycles. The molecule has 0 amide bonds. The third-order valence-electron chi connectivity index (χ3n) is 7.86. The first-order valence-corrected chi connectivity index (χ1v) is 17.8. The van der Waals surface area contributed by atoms with Crippen LogP contribution in [0.5, 0.6) is 0 Å². The summed E-state index contributed by atoms with van der Waals surface area (Å²) in [5, 5.41) is 116. The Balaban J connectivity index is 7.10. The van der Waals surface area contributed by atoms with E-state index in [1.165, 1.54) is 0 Å². The van der Waals surface area contributed by atoms with Crippen molar-refractivity contribution in [3.63, 3.8) is 0 Å². The highest BCUT2D eigenvalue weighted by Gasteiger charge is 2.52. The number of carbonyl (C=O) groups excluding carboxylic acids is 10. The topological polar surface area (TPSA) is 571 Å². The van der Waals surface area contributed by atoms with E-state index in [0.29, 0.717) is 13.8 Å². The van der Waals surface area contributed by atoms with Crippen molar-refractivity contribution < 1.29 is 166 Å². The second kappa shape index (κ2) is 24.6. The predicted molar refractivity (Wildman–Crippen MR) is 190 cm³/mol. The number of carbonyl (C=O) groups is 16. The molecule has 0 aliphatic carbocycles. The fraction of sp³-hybridized carbons (Fsp3) is 0.529. The SMILES string of the molecule is CC(O)C(=O)OC(=O)CC(O)(CC(=O)OC(=O)CC(O)(CC(=O)O)C(=O)O)C(=O)OC(C(=O)O)C(OC(=O)C(O)(CC(=O)OC(=O)CC(O)(CC(=O)O)C(=O)O)CC(=O)OC(=O)C(C)O)C(=O)O. The molecule has 0 aliphatic heterocycles. The Kier molecular flexibility index (Phi) is 21.7. The van der Waals surface area contributed by atoms with Crippen LogP contribution >= 0.6 is 0 Å². The lowest BCUT2D eigenvalue weighted by molar-refractivity contribution is -0.205. The molecule has 0 bridgehead atoms. The van der Waals surface area contributed by atoms with Crippen LogP contribution in [0.2, 0.25) is 0 Å². The fourth-order valence-corrected chi connectivity index (χ4v) is 4.57. The Morgan fingerprint density at radius 2 is 0.588 bits per heavy atom. The molecule has 0 spiro atoms. The molecule has 68 heavy (non-hydrogen) atoms.